The molecule has 1 nitrogen and oxygen atoms in total. The van der Waals surface area contributed by atoms with Gasteiger partial charge >= 0.3 is 0 Å². The van der Waals surface area contributed by atoms with Crippen molar-refractivity contribution in [1.82, 2.24) is 0 Å². The molecule has 0 unspecified atom stereocenters. The van der Waals surface area contributed by atoms with Crippen molar-refractivity contribution in [3.8, 4) is 0 Å². The lowest BCUT2D eigenvalue weighted by Gasteiger charge is -2.10. The average molecular weight is 145 g/mol. The lowest BCUT2D eigenvalue weighted by Crippen LogP contribution is -2.14. The Labute approximate surface area is 69.0 Å². The second kappa shape index (κ2) is 2.61. The van der Waals surface area contributed by atoms with Gasteiger partial charge in [-0.2, -0.15) is 0 Å². The summed E-state index contributed by atoms with van der Waals surface area (Å²) in [5.41, 5.74) is 10.6. The van der Waals surface area contributed by atoms with Gasteiger partial charge in [-0.15, -0.1) is 0 Å². The van der Waals surface area contributed by atoms with E-state index in [1.165, 1.54) is 0 Å². The van der Waals surface area contributed by atoms with Crippen LogP contribution < -0.4 is 11.2 Å². The zero-order valence-electron chi connectivity index (χ0n) is 7.23. The molecule has 2 heteroatoms. The van der Waals surface area contributed by atoms with Crippen LogP contribution in [-0.4, -0.2) is 7.85 Å². The van der Waals surface area contributed by atoms with Crippen molar-refractivity contribution >= 4 is 19.0 Å². The fraction of sp³-hybridized carbons (Fsp3) is 0.333. The van der Waals surface area contributed by atoms with Gasteiger partial charge in [0.15, 0.2) is 0 Å². The van der Waals surface area contributed by atoms with Crippen molar-refractivity contribution in [2.45, 2.75) is 20.8 Å². The molecule has 2 N–H and O–H groups in total. The molecular weight excluding hydrogens is 133 g/mol. The minimum absolute atomic E-state index is 0.813. The molecule has 0 amide bonds. The lowest BCUT2D eigenvalue weighted by atomic mass is 9.84. The Morgan fingerprint density at radius 2 is 1.73 bits per heavy atom. The molecule has 0 heterocycles. The normalized spacial score (nSPS) is 10.1. The minimum atomic E-state index is 0.813. The summed E-state index contributed by atoms with van der Waals surface area (Å²) in [6.07, 6.45) is 0. The van der Waals surface area contributed by atoms with Crippen LogP contribution in [0.4, 0.5) is 5.69 Å². The first-order chi connectivity index (χ1) is 5.04. The average Bonchev–Trinajstić information content (AvgIpc) is 1.97. The van der Waals surface area contributed by atoms with Gasteiger partial charge in [0.05, 0.1) is 0 Å². The highest BCUT2D eigenvalue weighted by Crippen LogP contribution is 2.15. The summed E-state index contributed by atoms with van der Waals surface area (Å²) >= 11 is 0. The molecule has 0 fully saturated rings. The molecule has 0 aromatic heterocycles. The third kappa shape index (κ3) is 1.25. The zero-order valence-corrected chi connectivity index (χ0v) is 7.23. The Bertz CT molecular complexity index is 266. The predicted octanol–water partition coefficient (Wildman–Crippen LogP) is 0.988. The maximum absolute atomic E-state index is 5.77. The van der Waals surface area contributed by atoms with Crippen LogP contribution in [-0.2, 0) is 0 Å². The topological polar surface area (TPSA) is 26.0 Å². The summed E-state index contributed by atoms with van der Waals surface area (Å²) in [6.45, 7) is 5.94. The number of hydrogen-bond donors (Lipinski definition) is 1. The van der Waals surface area contributed by atoms with Crippen molar-refractivity contribution in [2.24, 2.45) is 0 Å². The molecule has 0 saturated carbocycles. The highest BCUT2D eigenvalue weighted by Gasteiger charge is 2.02. The third-order valence-corrected chi connectivity index (χ3v) is 2.09. The van der Waals surface area contributed by atoms with E-state index in [1.54, 1.807) is 0 Å². The molecule has 2 radical (unpaired) electrons. The van der Waals surface area contributed by atoms with E-state index in [1.807, 2.05) is 26.8 Å². The molecule has 11 heavy (non-hydrogen) atoms. The third-order valence-electron chi connectivity index (χ3n) is 2.09. The van der Waals surface area contributed by atoms with Crippen LogP contribution in [0.3, 0.4) is 0 Å². The monoisotopic (exact) mass is 145 g/mol. The first kappa shape index (κ1) is 8.18. The van der Waals surface area contributed by atoms with Crippen LogP contribution >= 0.6 is 0 Å². The second-order valence-corrected chi connectivity index (χ2v) is 2.96. The van der Waals surface area contributed by atoms with Gasteiger partial charge in [-0.05, 0) is 31.9 Å². The van der Waals surface area contributed by atoms with E-state index >= 15 is 0 Å². The molecule has 0 atom stereocenters. The van der Waals surface area contributed by atoms with Gasteiger partial charge in [0.1, 0.15) is 7.85 Å². The highest BCUT2D eigenvalue weighted by molar-refractivity contribution is 6.34. The Balaban J connectivity index is 3.46. The number of nitrogen functional groups attached to an aromatic ring is 1. The number of rotatable bonds is 0. The zero-order chi connectivity index (χ0) is 8.59. The quantitative estimate of drug-likeness (QED) is 0.427. The smallest absolute Gasteiger partial charge is 0.114 e. The van der Waals surface area contributed by atoms with Crippen LogP contribution in [0.25, 0.3) is 0 Å². The van der Waals surface area contributed by atoms with Gasteiger partial charge in [0, 0.05) is 5.69 Å². The molecule has 1 aromatic carbocycles. The van der Waals surface area contributed by atoms with Gasteiger partial charge in [0.2, 0.25) is 0 Å². The molecule has 0 spiro atoms. The SMILES string of the molecule is [B]c1c(C)cc(C)c(N)c1C. The molecule has 0 aliphatic carbocycles. The standard InChI is InChI=1S/C9H12BN/c1-5-4-6(2)9(11)7(3)8(5)10/h4H,11H2,1-3H3. The van der Waals surface area contributed by atoms with Crippen molar-refractivity contribution in [2.75, 3.05) is 5.73 Å². The van der Waals surface area contributed by atoms with Crippen LogP contribution in [0.15, 0.2) is 6.07 Å². The Kier molecular flexibility index (Phi) is 1.94. The van der Waals surface area contributed by atoms with E-state index in [2.05, 4.69) is 0 Å². The van der Waals surface area contributed by atoms with E-state index in [0.717, 1.165) is 27.8 Å². The molecule has 0 aliphatic rings. The van der Waals surface area contributed by atoms with Crippen LogP contribution in [0.5, 0.6) is 0 Å². The summed E-state index contributed by atoms with van der Waals surface area (Å²) in [5.74, 6) is 0. The van der Waals surface area contributed by atoms with Crippen LogP contribution in [0, 0.1) is 20.8 Å². The predicted molar refractivity (Wildman–Crippen MR) is 50.5 cm³/mol. The Morgan fingerprint density at radius 1 is 1.18 bits per heavy atom. The van der Waals surface area contributed by atoms with Crippen LogP contribution in [0.2, 0.25) is 0 Å². The number of aryl methyl sites for hydroxylation is 2. The highest BCUT2D eigenvalue weighted by atomic mass is 14.6. The molecule has 56 valence electrons. The van der Waals surface area contributed by atoms with Crippen molar-refractivity contribution in [1.29, 1.82) is 0 Å². The molecule has 0 aliphatic heterocycles. The van der Waals surface area contributed by atoms with E-state index < -0.39 is 0 Å². The van der Waals surface area contributed by atoms with E-state index in [-0.39, 0.29) is 0 Å². The largest absolute Gasteiger partial charge is 0.398 e. The molecule has 1 rings (SSSR count). The van der Waals surface area contributed by atoms with E-state index in [0.29, 0.717) is 0 Å². The Hall–Kier alpha value is -0.915. The van der Waals surface area contributed by atoms with Gasteiger partial charge in [-0.3, -0.25) is 0 Å². The van der Waals surface area contributed by atoms with Crippen molar-refractivity contribution < 1.29 is 0 Å². The maximum atomic E-state index is 5.77. The summed E-state index contributed by atoms with van der Waals surface area (Å²) in [4.78, 5) is 0. The molecule has 1 aromatic rings. The number of anilines is 1. The minimum Gasteiger partial charge on any atom is -0.398 e. The van der Waals surface area contributed by atoms with Crippen LogP contribution in [0.1, 0.15) is 16.7 Å². The van der Waals surface area contributed by atoms with Gasteiger partial charge in [-0.25, -0.2) is 0 Å². The fourth-order valence-corrected chi connectivity index (χ4v) is 1.22. The first-order valence-corrected chi connectivity index (χ1v) is 3.65. The summed E-state index contributed by atoms with van der Waals surface area (Å²) in [6, 6.07) is 2.01. The van der Waals surface area contributed by atoms with Crippen molar-refractivity contribution in [3.63, 3.8) is 0 Å². The second-order valence-electron chi connectivity index (χ2n) is 2.96. The Morgan fingerprint density at radius 3 is 2.27 bits per heavy atom. The summed E-state index contributed by atoms with van der Waals surface area (Å²) in [7, 11) is 5.77. The number of benzene rings is 1. The number of nitrogens with two attached hydrogens (primary N) is 1. The molecule has 0 saturated heterocycles. The van der Waals surface area contributed by atoms with Gasteiger partial charge < -0.3 is 5.73 Å². The maximum Gasteiger partial charge on any atom is 0.114 e. The van der Waals surface area contributed by atoms with Crippen molar-refractivity contribution in [3.05, 3.63) is 22.8 Å². The lowest BCUT2D eigenvalue weighted by molar-refractivity contribution is 1.36. The number of hydrogen-bond acceptors (Lipinski definition) is 1. The van der Waals surface area contributed by atoms with E-state index in [4.69, 9.17) is 13.6 Å². The fourth-order valence-electron chi connectivity index (χ4n) is 1.22. The van der Waals surface area contributed by atoms with E-state index in [9.17, 15) is 0 Å². The van der Waals surface area contributed by atoms with Gasteiger partial charge in [0.25, 0.3) is 0 Å². The summed E-state index contributed by atoms with van der Waals surface area (Å²) in [5, 5.41) is 0. The summed E-state index contributed by atoms with van der Waals surface area (Å²) < 4.78 is 0. The first-order valence-electron chi connectivity index (χ1n) is 3.65. The molecular formula is C9H12BN. The molecule has 0 bridgehead atoms. The van der Waals surface area contributed by atoms with Gasteiger partial charge in [-0.1, -0.05) is 17.1 Å².